The van der Waals surface area contributed by atoms with Crippen LogP contribution >= 0.6 is 0 Å². The molecule has 0 atom stereocenters. The van der Waals surface area contributed by atoms with Crippen LogP contribution in [0, 0.1) is 0 Å². The van der Waals surface area contributed by atoms with Gasteiger partial charge in [0.25, 0.3) is 0 Å². The molecule has 0 aliphatic carbocycles. The van der Waals surface area contributed by atoms with E-state index in [1.165, 1.54) is 5.57 Å². The minimum absolute atomic E-state index is 0.322. The Balaban J connectivity index is 2.11. The van der Waals surface area contributed by atoms with Crippen molar-refractivity contribution in [2.45, 2.75) is 33.2 Å². The van der Waals surface area contributed by atoms with Crippen molar-refractivity contribution in [1.82, 2.24) is 9.88 Å². The Kier molecular flexibility index (Phi) is 6.32. The van der Waals surface area contributed by atoms with Crippen LogP contribution in [0.3, 0.4) is 0 Å². The van der Waals surface area contributed by atoms with Gasteiger partial charge in [0.2, 0.25) is 0 Å². The second kappa shape index (κ2) is 8.89. The van der Waals surface area contributed by atoms with E-state index in [1.807, 2.05) is 32.4 Å². The zero-order chi connectivity index (χ0) is 20.1. The van der Waals surface area contributed by atoms with Gasteiger partial charge in [0.1, 0.15) is 5.75 Å². The van der Waals surface area contributed by atoms with Crippen LogP contribution in [0.5, 0.6) is 5.75 Å². The molecule has 1 heterocycles. The zero-order valence-electron chi connectivity index (χ0n) is 17.2. The fourth-order valence-electron chi connectivity index (χ4n) is 3.43. The molecule has 2 N–H and O–H groups in total. The lowest BCUT2D eigenvalue weighted by Crippen LogP contribution is -2.12. The summed E-state index contributed by atoms with van der Waals surface area (Å²) in [5, 5.41) is 11.4. The largest absolute Gasteiger partial charge is 0.508 e. The molecule has 0 amide bonds. The summed E-state index contributed by atoms with van der Waals surface area (Å²) >= 11 is 0. The summed E-state index contributed by atoms with van der Waals surface area (Å²) < 4.78 is 0. The highest BCUT2D eigenvalue weighted by molar-refractivity contribution is 6.14. The number of nitrogens with one attached hydrogen (secondary N) is 1. The van der Waals surface area contributed by atoms with E-state index in [0.29, 0.717) is 12.3 Å². The van der Waals surface area contributed by atoms with Crippen molar-refractivity contribution in [3.8, 4) is 5.75 Å². The van der Waals surface area contributed by atoms with Crippen molar-refractivity contribution in [2.75, 3.05) is 14.1 Å². The van der Waals surface area contributed by atoms with Crippen LogP contribution in [-0.2, 0) is 6.54 Å². The van der Waals surface area contributed by atoms with Gasteiger partial charge in [0.15, 0.2) is 0 Å². The third-order valence-corrected chi connectivity index (χ3v) is 4.79. The van der Waals surface area contributed by atoms with Gasteiger partial charge in [-0.25, -0.2) is 4.99 Å². The number of hydrogen-bond donors (Lipinski definition) is 2. The number of aromatic hydroxyl groups is 1. The molecule has 28 heavy (non-hydrogen) atoms. The molecular weight excluding hydrogens is 346 g/mol. The second-order valence-electron chi connectivity index (χ2n) is 7.35. The highest BCUT2D eigenvalue weighted by Crippen LogP contribution is 2.27. The minimum atomic E-state index is 0.322. The molecule has 4 nitrogen and oxygen atoms in total. The average molecular weight is 376 g/mol. The summed E-state index contributed by atoms with van der Waals surface area (Å²) in [6.45, 7) is 4.93. The van der Waals surface area contributed by atoms with Gasteiger partial charge in [-0.3, -0.25) is 0 Å². The van der Waals surface area contributed by atoms with E-state index in [1.54, 1.807) is 6.07 Å². The van der Waals surface area contributed by atoms with Gasteiger partial charge in [-0.05, 0) is 75.5 Å². The van der Waals surface area contributed by atoms with Crippen LogP contribution < -0.4 is 0 Å². The normalized spacial score (nSPS) is 12.9. The van der Waals surface area contributed by atoms with Crippen LogP contribution in [0.1, 0.15) is 37.8 Å². The molecule has 0 saturated heterocycles. The number of aromatic nitrogens is 1. The Morgan fingerprint density at radius 2 is 1.96 bits per heavy atom. The lowest BCUT2D eigenvalue weighted by atomic mass is 9.96. The lowest BCUT2D eigenvalue weighted by Gasteiger charge is -2.15. The molecule has 1 aromatic heterocycles. The van der Waals surface area contributed by atoms with Crippen LogP contribution in [0.25, 0.3) is 10.9 Å². The first kappa shape index (κ1) is 19.9. The highest BCUT2D eigenvalue weighted by atomic mass is 16.3. The number of aromatic amines is 1. The molecule has 2 aromatic carbocycles. The van der Waals surface area contributed by atoms with Gasteiger partial charge in [0, 0.05) is 34.8 Å². The van der Waals surface area contributed by atoms with E-state index >= 15 is 0 Å². The number of hydrogen-bond acceptors (Lipinski definition) is 3. The van der Waals surface area contributed by atoms with Crippen molar-refractivity contribution in [2.24, 2.45) is 4.99 Å². The summed E-state index contributed by atoms with van der Waals surface area (Å²) in [6.07, 6.45) is 6.11. The van der Waals surface area contributed by atoms with Crippen LogP contribution in [-0.4, -0.2) is 34.8 Å². The van der Waals surface area contributed by atoms with Crippen molar-refractivity contribution in [1.29, 1.82) is 0 Å². The Morgan fingerprint density at radius 3 is 2.68 bits per heavy atom. The van der Waals surface area contributed by atoms with E-state index in [4.69, 9.17) is 4.99 Å². The Morgan fingerprint density at radius 1 is 1.14 bits per heavy atom. The fraction of sp³-hybridized carbons (Fsp3) is 0.292. The minimum Gasteiger partial charge on any atom is -0.508 e. The summed E-state index contributed by atoms with van der Waals surface area (Å²) in [5.74, 6) is 0.322. The van der Waals surface area contributed by atoms with Gasteiger partial charge >= 0.3 is 0 Å². The molecule has 0 fully saturated rings. The lowest BCUT2D eigenvalue weighted by molar-refractivity contribution is 0.386. The van der Waals surface area contributed by atoms with Crippen LogP contribution in [0.15, 0.2) is 65.3 Å². The maximum atomic E-state index is 10.3. The quantitative estimate of drug-likeness (QED) is 0.513. The first-order valence-corrected chi connectivity index (χ1v) is 9.80. The van der Waals surface area contributed by atoms with Gasteiger partial charge in [-0.15, -0.1) is 0 Å². The predicted octanol–water partition coefficient (Wildman–Crippen LogP) is 5.80. The molecule has 3 aromatic rings. The van der Waals surface area contributed by atoms with Crippen molar-refractivity contribution in [3.05, 3.63) is 71.4 Å². The first-order valence-electron chi connectivity index (χ1n) is 9.80. The molecule has 0 unspecified atom stereocenters. The highest BCUT2D eigenvalue weighted by Gasteiger charge is 2.13. The molecule has 0 bridgehead atoms. The maximum absolute atomic E-state index is 10.3. The van der Waals surface area contributed by atoms with Gasteiger partial charge in [0.05, 0.1) is 11.4 Å². The SMILES string of the molecule is C/C=C(\CCC)C(=Nc1ccc2[nH]ccc2c1)c1ccc(O)c(CN(C)C)c1. The maximum Gasteiger partial charge on any atom is 0.120 e. The summed E-state index contributed by atoms with van der Waals surface area (Å²) in [5.41, 5.74) is 6.17. The molecule has 0 spiro atoms. The monoisotopic (exact) mass is 375 g/mol. The molecule has 3 rings (SSSR count). The molecule has 0 radical (unpaired) electrons. The van der Waals surface area contributed by atoms with E-state index in [-0.39, 0.29) is 0 Å². The number of H-pyrrole nitrogens is 1. The number of fused-ring (bicyclic) bond motifs is 1. The second-order valence-corrected chi connectivity index (χ2v) is 7.35. The van der Waals surface area contributed by atoms with Crippen LogP contribution in [0.4, 0.5) is 5.69 Å². The van der Waals surface area contributed by atoms with E-state index < -0.39 is 0 Å². The van der Waals surface area contributed by atoms with Gasteiger partial charge in [-0.1, -0.05) is 19.4 Å². The summed E-state index contributed by atoms with van der Waals surface area (Å²) in [7, 11) is 4.00. The number of allylic oxidation sites excluding steroid dienone is 2. The van der Waals surface area contributed by atoms with Gasteiger partial charge in [-0.2, -0.15) is 0 Å². The van der Waals surface area contributed by atoms with E-state index in [9.17, 15) is 5.11 Å². The van der Waals surface area contributed by atoms with Crippen molar-refractivity contribution in [3.63, 3.8) is 0 Å². The third kappa shape index (κ3) is 4.52. The Bertz CT molecular complexity index is 1010. The van der Waals surface area contributed by atoms with Crippen molar-refractivity contribution >= 4 is 22.3 Å². The number of benzene rings is 2. The summed E-state index contributed by atoms with van der Waals surface area (Å²) in [4.78, 5) is 10.3. The topological polar surface area (TPSA) is 51.6 Å². The van der Waals surface area contributed by atoms with E-state index in [2.05, 4.69) is 54.1 Å². The number of phenols is 1. The smallest absolute Gasteiger partial charge is 0.120 e. The van der Waals surface area contributed by atoms with Crippen molar-refractivity contribution < 1.29 is 5.11 Å². The standard InChI is InChI=1S/C24H29N3O/c1-5-7-17(6-2)24(19-8-11-23(28)20(14-19)16-27(3)4)26-21-9-10-22-18(15-21)12-13-25-22/h6,8-15,25,28H,5,7,16H2,1-4H3/b17-6+,26-24?. The van der Waals surface area contributed by atoms with E-state index in [0.717, 1.165) is 46.3 Å². The first-order chi connectivity index (χ1) is 13.5. The number of phenolic OH excluding ortho intramolecular Hbond substituents is 1. The third-order valence-electron chi connectivity index (χ3n) is 4.79. The molecular formula is C24H29N3O. The predicted molar refractivity (Wildman–Crippen MR) is 119 cm³/mol. The average Bonchev–Trinajstić information content (AvgIpc) is 3.14. The molecule has 0 saturated carbocycles. The zero-order valence-corrected chi connectivity index (χ0v) is 17.2. The number of aliphatic imine (C=N–C) groups is 1. The fourth-order valence-corrected chi connectivity index (χ4v) is 3.43. The number of nitrogens with zero attached hydrogens (tertiary/aromatic N) is 2. The number of rotatable bonds is 7. The Labute approximate surface area is 167 Å². The molecule has 0 aliphatic rings. The Hall–Kier alpha value is -2.85. The molecule has 4 heteroatoms. The van der Waals surface area contributed by atoms with Gasteiger partial charge < -0.3 is 15.0 Å². The molecule has 146 valence electrons. The summed E-state index contributed by atoms with van der Waals surface area (Å²) in [6, 6.07) is 14.1. The molecule has 0 aliphatic heterocycles. The van der Waals surface area contributed by atoms with Crippen LogP contribution in [0.2, 0.25) is 0 Å².